The number of amides is 1. The maximum Gasteiger partial charge on any atom is 0.220 e. The zero-order chi connectivity index (χ0) is 52.7. The molecule has 0 saturated carbocycles. The van der Waals surface area contributed by atoms with Crippen LogP contribution in [0.4, 0.5) is 0 Å². The van der Waals surface area contributed by atoms with Gasteiger partial charge < -0.3 is 89.9 Å². The van der Waals surface area contributed by atoms with Gasteiger partial charge in [-0.15, -0.1) is 0 Å². The van der Waals surface area contributed by atoms with E-state index in [1.165, 1.54) is 25.7 Å². The molecular formula is C53H87NO18. The number of hydrogen-bond donors (Lipinski definition) is 12. The third-order valence-electron chi connectivity index (χ3n) is 12.4. The van der Waals surface area contributed by atoms with E-state index in [2.05, 4.69) is 73.8 Å². The Morgan fingerprint density at radius 1 is 0.514 bits per heavy atom. The van der Waals surface area contributed by atoms with Gasteiger partial charge in [0, 0.05) is 6.42 Å². The molecule has 1 amide bonds. The minimum atomic E-state index is -1.99. The Morgan fingerprint density at radius 3 is 1.51 bits per heavy atom. The largest absolute Gasteiger partial charge is 0.394 e. The van der Waals surface area contributed by atoms with E-state index in [-0.39, 0.29) is 12.3 Å². The highest BCUT2D eigenvalue weighted by Gasteiger charge is 2.53. The van der Waals surface area contributed by atoms with Crippen LogP contribution in [0.3, 0.4) is 0 Å². The van der Waals surface area contributed by atoms with Gasteiger partial charge in [0.05, 0.1) is 38.6 Å². The highest BCUT2D eigenvalue weighted by Crippen LogP contribution is 2.33. The highest BCUT2D eigenvalue weighted by atomic mass is 16.8. The van der Waals surface area contributed by atoms with Crippen LogP contribution in [0.15, 0.2) is 85.1 Å². The highest BCUT2D eigenvalue weighted by molar-refractivity contribution is 5.76. The van der Waals surface area contributed by atoms with Gasteiger partial charge in [-0.25, -0.2) is 0 Å². The first-order valence-electron chi connectivity index (χ1n) is 25.8. The Morgan fingerprint density at radius 2 is 0.972 bits per heavy atom. The van der Waals surface area contributed by atoms with E-state index in [0.717, 1.165) is 44.9 Å². The molecule has 19 nitrogen and oxygen atoms in total. The smallest absolute Gasteiger partial charge is 0.220 e. The van der Waals surface area contributed by atoms with Crippen molar-refractivity contribution in [2.24, 2.45) is 0 Å². The van der Waals surface area contributed by atoms with Crippen molar-refractivity contribution in [2.75, 3.05) is 26.4 Å². The number of nitrogens with one attached hydrogen (secondary N) is 1. The Hall–Kier alpha value is -3.03. The summed E-state index contributed by atoms with van der Waals surface area (Å²) in [6, 6.07) is -1.04. The number of hydrogen-bond acceptors (Lipinski definition) is 18. The van der Waals surface area contributed by atoms with Crippen LogP contribution in [0, 0.1) is 0 Å². The van der Waals surface area contributed by atoms with Gasteiger partial charge in [-0.1, -0.05) is 118 Å². The lowest BCUT2D eigenvalue weighted by Gasteiger charge is -2.48. The summed E-state index contributed by atoms with van der Waals surface area (Å²) in [5.41, 5.74) is 0. The van der Waals surface area contributed by atoms with Crippen LogP contribution in [-0.2, 0) is 33.2 Å². The van der Waals surface area contributed by atoms with Gasteiger partial charge in [-0.2, -0.15) is 0 Å². The normalized spacial score (nSPS) is 32.7. The number of aliphatic hydroxyl groups excluding tert-OH is 11. The SMILES string of the molecule is CC/C=C\C/C=C\C/C=C\C/C=C\CCC(=O)NC(COC1OC(CO)C(OC2OC(CO)C(OC3OC(CO)C(O)C(O)C3O)C(O)C2O)C(O)C1O)C(O)/C=C/CC/C=C/CC/C=C/CCCCCC. The van der Waals surface area contributed by atoms with Gasteiger partial charge in [-0.05, 0) is 70.6 Å². The topological polar surface area (TPSA) is 307 Å². The van der Waals surface area contributed by atoms with Crippen LogP contribution in [0.5, 0.6) is 0 Å². The summed E-state index contributed by atoms with van der Waals surface area (Å²) in [6.07, 6.45) is 14.7. The minimum absolute atomic E-state index is 0.106. The molecule has 19 heteroatoms. The van der Waals surface area contributed by atoms with Crippen LogP contribution in [0.25, 0.3) is 0 Å². The average molecular weight is 1030 g/mol. The molecule has 3 rings (SSSR count). The molecule has 3 saturated heterocycles. The van der Waals surface area contributed by atoms with E-state index in [1.807, 2.05) is 18.2 Å². The predicted molar refractivity (Wildman–Crippen MR) is 268 cm³/mol. The molecule has 0 aromatic carbocycles. The van der Waals surface area contributed by atoms with Crippen LogP contribution < -0.4 is 5.32 Å². The maximum absolute atomic E-state index is 13.2. The Kier molecular flexibility index (Phi) is 32.4. The Balaban J connectivity index is 1.60. The van der Waals surface area contributed by atoms with E-state index in [1.54, 1.807) is 12.2 Å². The number of carbonyl (C=O) groups excluding carboxylic acids is 1. The summed E-state index contributed by atoms with van der Waals surface area (Å²) in [4.78, 5) is 13.2. The van der Waals surface area contributed by atoms with Crippen LogP contribution in [0.2, 0.25) is 0 Å². The summed E-state index contributed by atoms with van der Waals surface area (Å²) in [6.45, 7) is 1.43. The van der Waals surface area contributed by atoms with E-state index in [4.69, 9.17) is 28.4 Å². The minimum Gasteiger partial charge on any atom is -0.394 e. The van der Waals surface area contributed by atoms with Crippen molar-refractivity contribution in [2.45, 2.75) is 214 Å². The molecular weight excluding hydrogens is 939 g/mol. The van der Waals surface area contributed by atoms with Crippen molar-refractivity contribution in [1.29, 1.82) is 0 Å². The zero-order valence-corrected chi connectivity index (χ0v) is 42.1. The molecule has 0 aliphatic carbocycles. The summed E-state index contributed by atoms with van der Waals surface area (Å²) >= 11 is 0. The number of carbonyl (C=O) groups is 1. The number of ether oxygens (including phenoxy) is 6. The first-order valence-corrected chi connectivity index (χ1v) is 25.8. The number of allylic oxidation sites excluding steroid dienone is 13. The van der Waals surface area contributed by atoms with E-state index in [9.17, 15) is 61.0 Å². The molecule has 0 bridgehead atoms. The summed E-state index contributed by atoms with van der Waals surface area (Å²) in [5.74, 6) is -0.376. The van der Waals surface area contributed by atoms with Gasteiger partial charge in [0.1, 0.15) is 73.2 Å². The molecule has 0 aromatic heterocycles. The van der Waals surface area contributed by atoms with Crippen LogP contribution in [0.1, 0.15) is 110 Å². The quantitative estimate of drug-likeness (QED) is 0.0324. The molecule has 72 heavy (non-hydrogen) atoms. The third kappa shape index (κ3) is 22.0. The van der Waals surface area contributed by atoms with E-state index in [0.29, 0.717) is 19.3 Å². The number of aliphatic hydroxyl groups is 11. The van der Waals surface area contributed by atoms with Crippen molar-refractivity contribution in [1.82, 2.24) is 5.32 Å². The lowest BCUT2D eigenvalue weighted by Crippen LogP contribution is -2.66. The van der Waals surface area contributed by atoms with E-state index < -0.39 is 131 Å². The van der Waals surface area contributed by atoms with Crippen LogP contribution >= 0.6 is 0 Å². The molecule has 3 heterocycles. The van der Waals surface area contributed by atoms with Crippen molar-refractivity contribution in [3.05, 3.63) is 85.1 Å². The third-order valence-corrected chi connectivity index (χ3v) is 12.4. The number of unbranched alkanes of at least 4 members (excludes halogenated alkanes) is 6. The van der Waals surface area contributed by atoms with Crippen molar-refractivity contribution in [3.8, 4) is 0 Å². The standard InChI is InChI=1S/C53H87NO18/c1-3-5-7-9-11-13-15-17-19-20-22-24-26-28-30-37(58)36(54-41(59)31-29-27-25-23-21-18-16-14-12-10-8-6-4-2)35-67-51-47(65)44(62)49(39(33-56)69-51)72-53-48(66)45(63)50(40(34-57)70-53)71-52-46(64)43(61)42(60)38(32-55)68-52/h6,8,12-15,18,20-22,25,27-28,30,36-40,42-53,55-58,60-66H,3-5,7,9-11,16-17,19,23-24,26,29,31-35H2,1-2H3,(H,54,59)/b8-6-,14-12-,15-13+,21-18-,22-20+,27-25-,30-28+. The van der Waals surface area contributed by atoms with Gasteiger partial charge in [0.2, 0.25) is 5.91 Å². The molecule has 0 spiro atoms. The van der Waals surface area contributed by atoms with Crippen molar-refractivity contribution < 1.29 is 89.4 Å². The summed E-state index contributed by atoms with van der Waals surface area (Å²) in [7, 11) is 0. The fourth-order valence-corrected chi connectivity index (χ4v) is 8.11. The molecule has 3 aliphatic rings. The molecule has 0 aromatic rings. The van der Waals surface area contributed by atoms with Crippen LogP contribution in [-0.4, -0.2) is 193 Å². The summed E-state index contributed by atoms with van der Waals surface area (Å²) in [5, 5.41) is 119. The molecule has 412 valence electrons. The van der Waals surface area contributed by atoms with E-state index >= 15 is 0 Å². The fourth-order valence-electron chi connectivity index (χ4n) is 8.11. The second-order valence-corrected chi connectivity index (χ2v) is 18.2. The second-order valence-electron chi connectivity index (χ2n) is 18.2. The lowest BCUT2D eigenvalue weighted by atomic mass is 9.96. The zero-order valence-electron chi connectivity index (χ0n) is 42.1. The Labute approximate surface area is 425 Å². The predicted octanol–water partition coefficient (Wildman–Crippen LogP) is 2.08. The Bertz CT molecular complexity index is 1650. The van der Waals surface area contributed by atoms with Gasteiger partial charge in [-0.3, -0.25) is 4.79 Å². The molecule has 3 aliphatic heterocycles. The monoisotopic (exact) mass is 1030 g/mol. The molecule has 0 radical (unpaired) electrons. The van der Waals surface area contributed by atoms with Gasteiger partial charge in [0.15, 0.2) is 18.9 Å². The fraction of sp³-hybridized carbons (Fsp3) is 0.717. The summed E-state index contributed by atoms with van der Waals surface area (Å²) < 4.78 is 34.0. The number of rotatable bonds is 34. The maximum atomic E-state index is 13.2. The van der Waals surface area contributed by atoms with Gasteiger partial charge >= 0.3 is 0 Å². The first kappa shape index (κ1) is 63.3. The molecule has 3 fully saturated rings. The average Bonchev–Trinajstić information content (AvgIpc) is 3.37. The van der Waals surface area contributed by atoms with Crippen molar-refractivity contribution in [3.63, 3.8) is 0 Å². The molecule has 17 atom stereocenters. The van der Waals surface area contributed by atoms with Crippen molar-refractivity contribution >= 4 is 5.91 Å². The first-order chi connectivity index (χ1) is 34.8. The second kappa shape index (κ2) is 36.8. The molecule has 12 N–H and O–H groups in total. The van der Waals surface area contributed by atoms with Gasteiger partial charge in [0.25, 0.3) is 0 Å². The lowest BCUT2D eigenvalue weighted by molar-refractivity contribution is -0.379. The molecule has 17 unspecified atom stereocenters.